The zero-order valence-electron chi connectivity index (χ0n) is 22.3. The standard InChI is InChI=1S/C33H25N3O3Si/c1-40(2,3)24-15-13-23(14-16-24)36-28(34-33-31(36)35-32(39-33)20-9-5-4-6-10-20)19-27-29(37)25-17-21-11-7-8-12-22(21)18-26(25)30(27)38/h4-19H,1-3H3. The predicted molar refractivity (Wildman–Crippen MR) is 160 cm³/mol. The number of oxazole rings is 1. The van der Waals surface area contributed by atoms with Crippen LogP contribution < -0.4 is 5.19 Å². The molecule has 0 N–H and O–H groups in total. The Bertz CT molecular complexity index is 1950. The zero-order chi connectivity index (χ0) is 27.6. The third kappa shape index (κ3) is 3.86. The topological polar surface area (TPSA) is 78.0 Å². The van der Waals surface area contributed by atoms with E-state index in [1.165, 1.54) is 5.19 Å². The lowest BCUT2D eigenvalue weighted by molar-refractivity contribution is 0.0990. The molecule has 0 spiro atoms. The second kappa shape index (κ2) is 8.82. The van der Waals surface area contributed by atoms with Crippen LogP contribution in [0.25, 0.3) is 45.4 Å². The first kappa shape index (κ1) is 24.2. The molecule has 0 radical (unpaired) electrons. The number of hydrogen-bond donors (Lipinski definition) is 0. The molecule has 0 aliphatic heterocycles. The second-order valence-corrected chi connectivity index (χ2v) is 16.2. The van der Waals surface area contributed by atoms with Gasteiger partial charge in [-0.15, -0.1) is 0 Å². The Kier molecular flexibility index (Phi) is 5.33. The van der Waals surface area contributed by atoms with Crippen LogP contribution in [0, 0.1) is 0 Å². The number of carbonyl (C=O) groups is 2. The number of ketones is 2. The minimum absolute atomic E-state index is 0.0845. The molecule has 2 aromatic heterocycles. The summed E-state index contributed by atoms with van der Waals surface area (Å²) >= 11 is 0. The van der Waals surface area contributed by atoms with E-state index < -0.39 is 8.07 Å². The highest BCUT2D eigenvalue weighted by atomic mass is 28.3. The van der Waals surface area contributed by atoms with Crippen LogP contribution in [0.1, 0.15) is 26.5 Å². The minimum Gasteiger partial charge on any atom is -0.416 e. The lowest BCUT2D eigenvalue weighted by Crippen LogP contribution is -2.37. The molecule has 194 valence electrons. The van der Waals surface area contributed by atoms with E-state index in [1.54, 1.807) is 18.2 Å². The molecule has 0 bridgehead atoms. The molecule has 0 unspecified atom stereocenters. The smallest absolute Gasteiger partial charge is 0.267 e. The highest BCUT2D eigenvalue weighted by Gasteiger charge is 2.34. The summed E-state index contributed by atoms with van der Waals surface area (Å²) in [6.45, 7) is 6.90. The van der Waals surface area contributed by atoms with Crippen LogP contribution in [-0.2, 0) is 0 Å². The number of benzene rings is 4. The van der Waals surface area contributed by atoms with Gasteiger partial charge < -0.3 is 4.42 Å². The van der Waals surface area contributed by atoms with Crippen molar-refractivity contribution < 1.29 is 14.0 Å². The molecule has 1 aliphatic carbocycles. The summed E-state index contributed by atoms with van der Waals surface area (Å²) in [5.41, 5.74) is 3.44. The van der Waals surface area contributed by atoms with E-state index in [9.17, 15) is 9.59 Å². The molecule has 7 heteroatoms. The SMILES string of the molecule is C[Si](C)(C)c1ccc(-n2c(C=C3C(=O)c4cc5ccccc5cc4C3=O)nc3oc(-c4ccccc4)nc32)cc1. The van der Waals surface area contributed by atoms with Gasteiger partial charge in [0.25, 0.3) is 5.71 Å². The largest absolute Gasteiger partial charge is 0.416 e. The highest BCUT2D eigenvalue weighted by Crippen LogP contribution is 2.33. The van der Waals surface area contributed by atoms with Crippen molar-refractivity contribution in [3.8, 4) is 17.1 Å². The van der Waals surface area contributed by atoms with Gasteiger partial charge in [-0.25, -0.2) is 0 Å². The van der Waals surface area contributed by atoms with E-state index in [4.69, 9.17) is 14.4 Å². The third-order valence-corrected chi connectivity index (χ3v) is 9.46. The quantitative estimate of drug-likeness (QED) is 0.139. The van der Waals surface area contributed by atoms with Crippen molar-refractivity contribution >= 4 is 53.0 Å². The van der Waals surface area contributed by atoms with Crippen molar-refractivity contribution in [2.24, 2.45) is 0 Å². The molecule has 6 aromatic rings. The van der Waals surface area contributed by atoms with Gasteiger partial charge in [0.15, 0.2) is 11.6 Å². The Morgan fingerprint density at radius 3 is 1.95 bits per heavy atom. The summed E-state index contributed by atoms with van der Waals surface area (Å²) in [5.74, 6) is 0.264. The first-order chi connectivity index (χ1) is 19.3. The van der Waals surface area contributed by atoms with E-state index in [2.05, 4.69) is 31.8 Å². The molecule has 0 saturated carbocycles. The van der Waals surface area contributed by atoms with Crippen LogP contribution >= 0.6 is 0 Å². The van der Waals surface area contributed by atoms with E-state index >= 15 is 0 Å². The van der Waals surface area contributed by atoms with Crippen molar-refractivity contribution in [3.05, 3.63) is 114 Å². The van der Waals surface area contributed by atoms with Crippen molar-refractivity contribution in [2.75, 3.05) is 0 Å². The Hall–Kier alpha value is -4.88. The van der Waals surface area contributed by atoms with Gasteiger partial charge in [0.05, 0.1) is 13.6 Å². The van der Waals surface area contributed by atoms with Crippen LogP contribution in [0.15, 0.2) is 101 Å². The second-order valence-electron chi connectivity index (χ2n) is 11.1. The van der Waals surface area contributed by atoms with Crippen molar-refractivity contribution in [1.82, 2.24) is 14.5 Å². The van der Waals surface area contributed by atoms with Crippen molar-refractivity contribution in [2.45, 2.75) is 19.6 Å². The summed E-state index contributed by atoms with van der Waals surface area (Å²) in [7, 11) is -1.51. The Balaban J connectivity index is 1.40. The normalized spacial score (nSPS) is 13.4. The van der Waals surface area contributed by atoms with Gasteiger partial charge in [-0.3, -0.25) is 14.2 Å². The fourth-order valence-corrected chi connectivity index (χ4v) is 6.39. The van der Waals surface area contributed by atoms with E-state index in [-0.39, 0.29) is 17.1 Å². The Labute approximate surface area is 231 Å². The summed E-state index contributed by atoms with van der Waals surface area (Å²) < 4.78 is 7.93. The molecule has 0 amide bonds. The molecular formula is C33H25N3O3Si. The van der Waals surface area contributed by atoms with E-state index in [0.29, 0.717) is 34.2 Å². The molecule has 7 rings (SSSR count). The van der Waals surface area contributed by atoms with Crippen molar-refractivity contribution in [1.29, 1.82) is 0 Å². The predicted octanol–water partition coefficient (Wildman–Crippen LogP) is 6.84. The van der Waals surface area contributed by atoms with Crippen LogP contribution in [0.4, 0.5) is 0 Å². The van der Waals surface area contributed by atoms with Crippen LogP contribution in [0.2, 0.25) is 19.6 Å². The molecule has 0 atom stereocenters. The maximum Gasteiger partial charge on any atom is 0.267 e. The maximum atomic E-state index is 13.5. The lowest BCUT2D eigenvalue weighted by Gasteiger charge is -2.17. The van der Waals surface area contributed by atoms with Gasteiger partial charge in [0.1, 0.15) is 5.82 Å². The number of Topliss-reactive ketones (excluding diaryl/α,β-unsaturated/α-hetero) is 2. The number of rotatable bonds is 4. The number of hydrogen-bond acceptors (Lipinski definition) is 5. The molecule has 2 heterocycles. The molecular weight excluding hydrogens is 514 g/mol. The summed E-state index contributed by atoms with van der Waals surface area (Å²) in [6.07, 6.45) is 1.57. The highest BCUT2D eigenvalue weighted by molar-refractivity contribution is 6.88. The van der Waals surface area contributed by atoms with Gasteiger partial charge in [-0.1, -0.05) is 79.4 Å². The minimum atomic E-state index is -1.51. The van der Waals surface area contributed by atoms with Gasteiger partial charge in [-0.05, 0) is 53.2 Å². The Morgan fingerprint density at radius 2 is 1.35 bits per heavy atom. The monoisotopic (exact) mass is 539 g/mol. The number of allylic oxidation sites excluding steroid dienone is 1. The van der Waals surface area contributed by atoms with Crippen LogP contribution in [-0.4, -0.2) is 34.2 Å². The summed E-state index contributed by atoms with van der Waals surface area (Å²) in [5, 5.41) is 3.16. The van der Waals surface area contributed by atoms with Crippen molar-refractivity contribution in [3.63, 3.8) is 0 Å². The number of fused-ring (bicyclic) bond motifs is 3. The zero-order valence-corrected chi connectivity index (χ0v) is 23.3. The van der Waals surface area contributed by atoms with Gasteiger partial charge in [0.2, 0.25) is 11.5 Å². The molecule has 1 aliphatic rings. The number of carbonyl (C=O) groups excluding carboxylic acids is 2. The first-order valence-corrected chi connectivity index (χ1v) is 16.7. The fourth-order valence-electron chi connectivity index (χ4n) is 5.22. The van der Waals surface area contributed by atoms with Crippen LogP contribution in [0.3, 0.4) is 0 Å². The molecule has 0 saturated heterocycles. The number of aromatic nitrogens is 3. The molecule has 40 heavy (non-hydrogen) atoms. The third-order valence-electron chi connectivity index (χ3n) is 7.40. The number of imidazole rings is 1. The van der Waals surface area contributed by atoms with E-state index in [1.807, 2.05) is 71.3 Å². The Morgan fingerprint density at radius 1 is 0.750 bits per heavy atom. The molecule has 4 aromatic carbocycles. The molecule has 0 fully saturated rings. The van der Waals surface area contributed by atoms with Gasteiger partial charge >= 0.3 is 0 Å². The summed E-state index contributed by atoms with van der Waals surface area (Å²) in [4.78, 5) is 36.5. The number of nitrogens with zero attached hydrogens (tertiary/aromatic N) is 3. The first-order valence-electron chi connectivity index (χ1n) is 13.2. The maximum absolute atomic E-state index is 13.5. The van der Waals surface area contributed by atoms with E-state index in [0.717, 1.165) is 22.0 Å². The lowest BCUT2D eigenvalue weighted by atomic mass is 10.0. The average molecular weight is 540 g/mol. The summed E-state index contributed by atoms with van der Waals surface area (Å²) in [6, 6.07) is 29.3. The van der Waals surface area contributed by atoms with Gasteiger partial charge in [-0.2, -0.15) is 9.97 Å². The fraction of sp³-hybridized carbons (Fsp3) is 0.0909. The van der Waals surface area contributed by atoms with Gasteiger partial charge in [0, 0.05) is 22.4 Å². The molecule has 6 nitrogen and oxygen atoms in total. The van der Waals surface area contributed by atoms with Crippen LogP contribution in [0.5, 0.6) is 0 Å². The average Bonchev–Trinajstić information content (AvgIpc) is 3.58.